The van der Waals surface area contributed by atoms with Gasteiger partial charge >= 0.3 is 0 Å². The summed E-state index contributed by atoms with van der Waals surface area (Å²) in [5, 5.41) is 0. The van der Waals surface area contributed by atoms with Crippen molar-refractivity contribution >= 4 is 14.1 Å². The van der Waals surface area contributed by atoms with Crippen molar-refractivity contribution in [3.8, 4) is 11.5 Å². The molecule has 0 bridgehead atoms. The zero-order valence-corrected chi connectivity index (χ0v) is 16.4. The van der Waals surface area contributed by atoms with Crippen LogP contribution in [0.25, 0.3) is 6.08 Å². The minimum absolute atomic E-state index is 0.261. The molecule has 0 fully saturated rings. The number of rotatable bonds is 5. The average Bonchev–Trinajstić information content (AvgIpc) is 2.46. The maximum atomic E-state index is 3.93. The Kier molecular flexibility index (Phi) is 6.69. The number of benzene rings is 1. The molecule has 0 saturated carbocycles. The quantitative estimate of drug-likeness (QED) is 0.421. The first-order valence-corrected chi connectivity index (χ1v) is 10.7. The Morgan fingerprint density at radius 1 is 0.909 bits per heavy atom. The van der Waals surface area contributed by atoms with E-state index in [2.05, 4.69) is 90.8 Å². The lowest BCUT2D eigenvalue weighted by Gasteiger charge is -2.38. The highest BCUT2D eigenvalue weighted by atomic mass is 28.3. The van der Waals surface area contributed by atoms with Gasteiger partial charge in [0, 0.05) is 5.92 Å². The van der Waals surface area contributed by atoms with Crippen LogP contribution in [0.15, 0.2) is 30.8 Å². The highest BCUT2D eigenvalue weighted by Crippen LogP contribution is 2.41. The average molecular weight is 313 g/mol. The molecule has 22 heavy (non-hydrogen) atoms. The molecule has 0 radical (unpaired) electrons. The zero-order chi connectivity index (χ0) is 16.9. The fraction of sp³-hybridized carbons (Fsp3) is 0.524. The van der Waals surface area contributed by atoms with Crippen LogP contribution >= 0.6 is 0 Å². The van der Waals surface area contributed by atoms with Crippen LogP contribution < -0.4 is 0 Å². The van der Waals surface area contributed by atoms with Crippen LogP contribution in [0.3, 0.4) is 0 Å². The van der Waals surface area contributed by atoms with E-state index in [0.717, 1.165) is 0 Å². The van der Waals surface area contributed by atoms with Crippen LogP contribution in [0.5, 0.6) is 0 Å². The summed E-state index contributed by atoms with van der Waals surface area (Å²) >= 11 is 0. The molecule has 1 heteroatoms. The van der Waals surface area contributed by atoms with Gasteiger partial charge in [0.15, 0.2) is 0 Å². The molecule has 0 aliphatic carbocycles. The van der Waals surface area contributed by atoms with Gasteiger partial charge in [-0.15, -0.1) is 11.5 Å². The van der Waals surface area contributed by atoms with Crippen molar-refractivity contribution in [2.45, 2.75) is 71.0 Å². The van der Waals surface area contributed by atoms with Crippen LogP contribution in [-0.4, -0.2) is 8.07 Å². The van der Waals surface area contributed by atoms with Crippen molar-refractivity contribution in [1.82, 2.24) is 0 Å². The van der Waals surface area contributed by atoms with Crippen molar-refractivity contribution in [3.63, 3.8) is 0 Å². The molecule has 0 nitrogen and oxygen atoms in total. The van der Waals surface area contributed by atoms with E-state index in [4.69, 9.17) is 0 Å². The Morgan fingerprint density at radius 2 is 1.41 bits per heavy atom. The lowest BCUT2D eigenvalue weighted by Crippen LogP contribution is -2.43. The fourth-order valence-corrected chi connectivity index (χ4v) is 9.17. The third-order valence-electron chi connectivity index (χ3n) is 5.05. The van der Waals surface area contributed by atoms with Crippen LogP contribution in [0.4, 0.5) is 0 Å². The van der Waals surface area contributed by atoms with E-state index in [0.29, 0.717) is 16.6 Å². The van der Waals surface area contributed by atoms with Crippen molar-refractivity contribution in [1.29, 1.82) is 0 Å². The monoisotopic (exact) mass is 312 g/mol. The standard InChI is InChI=1S/C21H32Si/c1-9-20-12-10-11-13-21(20)19(8)14-15-22(16(2)3,17(4)5)18(6)7/h9-13,16-19H,1H2,2-8H3. The first-order valence-electron chi connectivity index (χ1n) is 8.51. The van der Waals surface area contributed by atoms with Gasteiger partial charge in [0.05, 0.1) is 0 Å². The largest absolute Gasteiger partial charge is 0.145 e. The zero-order valence-electron chi connectivity index (χ0n) is 15.4. The summed E-state index contributed by atoms with van der Waals surface area (Å²) in [5.41, 5.74) is 8.38. The van der Waals surface area contributed by atoms with Crippen LogP contribution in [0.1, 0.15) is 65.5 Å². The molecule has 0 heterocycles. The first-order chi connectivity index (χ1) is 10.3. The summed E-state index contributed by atoms with van der Waals surface area (Å²) in [4.78, 5) is 0. The Morgan fingerprint density at radius 3 is 1.86 bits per heavy atom. The van der Waals surface area contributed by atoms with E-state index in [1.807, 2.05) is 6.08 Å². The minimum Gasteiger partial charge on any atom is -0.130 e. The van der Waals surface area contributed by atoms with E-state index < -0.39 is 8.07 Å². The Bertz CT molecular complexity index is 533. The third-order valence-corrected chi connectivity index (χ3v) is 11.4. The molecule has 0 aliphatic heterocycles. The molecule has 0 N–H and O–H groups in total. The second-order valence-electron chi connectivity index (χ2n) is 7.22. The van der Waals surface area contributed by atoms with E-state index >= 15 is 0 Å². The Labute approximate surface area is 139 Å². The molecule has 120 valence electrons. The fourth-order valence-electron chi connectivity index (χ4n) is 3.84. The lowest BCUT2D eigenvalue weighted by atomic mass is 9.96. The Hall–Kier alpha value is -1.26. The van der Waals surface area contributed by atoms with Gasteiger partial charge in [0.1, 0.15) is 8.07 Å². The molecule has 0 aliphatic rings. The second-order valence-corrected chi connectivity index (χ2v) is 12.8. The predicted molar refractivity (Wildman–Crippen MR) is 104 cm³/mol. The molecule has 0 saturated heterocycles. The highest BCUT2D eigenvalue weighted by Gasteiger charge is 2.41. The maximum absolute atomic E-state index is 3.93. The normalized spacial score (nSPS) is 13.2. The first kappa shape index (κ1) is 18.8. The number of hydrogen-bond donors (Lipinski definition) is 0. The molecule has 0 amide bonds. The summed E-state index contributed by atoms with van der Waals surface area (Å²) in [5.74, 6) is 3.88. The molecule has 1 rings (SSSR count). The van der Waals surface area contributed by atoms with E-state index in [9.17, 15) is 0 Å². The van der Waals surface area contributed by atoms with Gasteiger partial charge in [-0.2, -0.15) is 0 Å². The summed E-state index contributed by atoms with van der Waals surface area (Å²) < 4.78 is 0. The summed E-state index contributed by atoms with van der Waals surface area (Å²) in [6.07, 6.45) is 1.94. The lowest BCUT2D eigenvalue weighted by molar-refractivity contribution is 0.837. The van der Waals surface area contributed by atoms with Gasteiger partial charge < -0.3 is 0 Å². The topological polar surface area (TPSA) is 0 Å². The molecule has 1 unspecified atom stereocenters. The SMILES string of the molecule is C=Cc1ccccc1C(C)C#C[Si](C(C)C)(C(C)C)C(C)C. The van der Waals surface area contributed by atoms with Gasteiger partial charge in [-0.25, -0.2) is 0 Å². The highest BCUT2D eigenvalue weighted by molar-refractivity contribution is 6.90. The van der Waals surface area contributed by atoms with Crippen molar-refractivity contribution in [2.75, 3.05) is 0 Å². The molecular weight excluding hydrogens is 280 g/mol. The number of hydrogen-bond acceptors (Lipinski definition) is 0. The molecule has 1 atom stereocenters. The van der Waals surface area contributed by atoms with Crippen LogP contribution in [0, 0.1) is 11.5 Å². The molecular formula is C21H32Si. The summed E-state index contributed by atoms with van der Waals surface area (Å²) in [6.45, 7) is 20.3. The molecule has 0 aromatic heterocycles. The maximum Gasteiger partial charge on any atom is 0.145 e. The summed E-state index contributed by atoms with van der Waals surface area (Å²) in [7, 11) is -1.64. The van der Waals surface area contributed by atoms with Crippen molar-refractivity contribution < 1.29 is 0 Å². The third kappa shape index (κ3) is 3.73. The summed E-state index contributed by atoms with van der Waals surface area (Å²) in [6, 6.07) is 8.47. The van der Waals surface area contributed by atoms with E-state index in [1.165, 1.54) is 11.1 Å². The predicted octanol–water partition coefficient (Wildman–Crippen LogP) is 6.65. The smallest absolute Gasteiger partial charge is 0.130 e. The van der Waals surface area contributed by atoms with Crippen LogP contribution in [-0.2, 0) is 0 Å². The molecule has 0 spiro atoms. The van der Waals surface area contributed by atoms with Gasteiger partial charge in [-0.3, -0.25) is 0 Å². The van der Waals surface area contributed by atoms with E-state index in [1.54, 1.807) is 0 Å². The van der Waals surface area contributed by atoms with Gasteiger partial charge in [0.25, 0.3) is 0 Å². The Balaban J connectivity index is 3.26. The molecule has 1 aromatic rings. The van der Waals surface area contributed by atoms with Gasteiger partial charge in [-0.05, 0) is 34.7 Å². The molecule has 1 aromatic carbocycles. The van der Waals surface area contributed by atoms with Gasteiger partial charge in [-0.1, -0.05) is 78.5 Å². The minimum atomic E-state index is -1.64. The van der Waals surface area contributed by atoms with Crippen LogP contribution in [0.2, 0.25) is 16.6 Å². The van der Waals surface area contributed by atoms with Crippen molar-refractivity contribution in [2.24, 2.45) is 0 Å². The van der Waals surface area contributed by atoms with Crippen molar-refractivity contribution in [3.05, 3.63) is 42.0 Å². The second kappa shape index (κ2) is 7.84. The van der Waals surface area contributed by atoms with E-state index in [-0.39, 0.29) is 5.92 Å². The van der Waals surface area contributed by atoms with Gasteiger partial charge in [0.2, 0.25) is 0 Å².